The Hall–Kier alpha value is -1.68. The van der Waals surface area contributed by atoms with E-state index in [-0.39, 0.29) is 11.9 Å². The lowest BCUT2D eigenvalue weighted by Gasteiger charge is -2.14. The maximum Gasteiger partial charge on any atom is 0.234 e. The van der Waals surface area contributed by atoms with Crippen molar-refractivity contribution in [2.75, 3.05) is 13.1 Å². The van der Waals surface area contributed by atoms with E-state index >= 15 is 0 Å². The zero-order chi connectivity index (χ0) is 11.8. The lowest BCUT2D eigenvalue weighted by atomic mass is 10.1. The standard InChI is InChI=1S/C12H17N3O/c1-3-6-14-9-12(16)15-10(2)11-4-7-13-8-5-11/h3-5,7-8,10,14H,1,6,9H2,2H3,(H,15,16). The van der Waals surface area contributed by atoms with Crippen molar-refractivity contribution < 1.29 is 4.79 Å². The van der Waals surface area contributed by atoms with E-state index in [1.54, 1.807) is 18.5 Å². The Morgan fingerprint density at radius 3 is 2.88 bits per heavy atom. The van der Waals surface area contributed by atoms with Gasteiger partial charge in [0.05, 0.1) is 12.6 Å². The fourth-order valence-electron chi connectivity index (χ4n) is 1.32. The summed E-state index contributed by atoms with van der Waals surface area (Å²) in [6.45, 7) is 6.45. The van der Waals surface area contributed by atoms with Gasteiger partial charge < -0.3 is 10.6 Å². The molecule has 0 radical (unpaired) electrons. The molecule has 86 valence electrons. The van der Waals surface area contributed by atoms with E-state index in [4.69, 9.17) is 0 Å². The van der Waals surface area contributed by atoms with E-state index in [9.17, 15) is 4.79 Å². The number of carbonyl (C=O) groups is 1. The smallest absolute Gasteiger partial charge is 0.234 e. The van der Waals surface area contributed by atoms with Gasteiger partial charge in [0, 0.05) is 18.9 Å². The predicted molar refractivity (Wildman–Crippen MR) is 63.9 cm³/mol. The van der Waals surface area contributed by atoms with Gasteiger partial charge in [-0.3, -0.25) is 9.78 Å². The van der Waals surface area contributed by atoms with Crippen molar-refractivity contribution in [2.45, 2.75) is 13.0 Å². The van der Waals surface area contributed by atoms with Crippen molar-refractivity contribution >= 4 is 5.91 Å². The average Bonchev–Trinajstić information content (AvgIpc) is 2.30. The number of aromatic nitrogens is 1. The molecule has 1 aromatic heterocycles. The summed E-state index contributed by atoms with van der Waals surface area (Å²) < 4.78 is 0. The number of hydrogen-bond acceptors (Lipinski definition) is 3. The van der Waals surface area contributed by atoms with Crippen LogP contribution in [0.25, 0.3) is 0 Å². The average molecular weight is 219 g/mol. The minimum absolute atomic E-state index is 0.000955. The molecule has 0 aliphatic heterocycles. The van der Waals surface area contributed by atoms with Crippen molar-refractivity contribution in [2.24, 2.45) is 0 Å². The molecule has 0 saturated heterocycles. The summed E-state index contributed by atoms with van der Waals surface area (Å²) in [5.41, 5.74) is 1.05. The molecule has 1 aromatic rings. The highest BCUT2D eigenvalue weighted by Gasteiger charge is 2.07. The Morgan fingerprint density at radius 1 is 1.56 bits per heavy atom. The van der Waals surface area contributed by atoms with Crippen LogP contribution in [0.4, 0.5) is 0 Å². The summed E-state index contributed by atoms with van der Waals surface area (Å²) in [7, 11) is 0. The predicted octanol–water partition coefficient (Wildman–Crippen LogP) is 1.03. The van der Waals surface area contributed by atoms with Gasteiger partial charge >= 0.3 is 0 Å². The van der Waals surface area contributed by atoms with Gasteiger partial charge in [-0.1, -0.05) is 6.08 Å². The summed E-state index contributed by atoms with van der Waals surface area (Å²) >= 11 is 0. The Labute approximate surface area is 95.8 Å². The largest absolute Gasteiger partial charge is 0.348 e. The molecule has 1 unspecified atom stereocenters. The van der Waals surface area contributed by atoms with E-state index in [0.29, 0.717) is 13.1 Å². The van der Waals surface area contributed by atoms with E-state index in [2.05, 4.69) is 22.2 Å². The second kappa shape index (κ2) is 6.74. The molecule has 2 N–H and O–H groups in total. The van der Waals surface area contributed by atoms with Gasteiger partial charge in [-0.15, -0.1) is 6.58 Å². The zero-order valence-electron chi connectivity index (χ0n) is 9.44. The number of pyridine rings is 1. The lowest BCUT2D eigenvalue weighted by Crippen LogP contribution is -2.35. The Balaban J connectivity index is 2.36. The third-order valence-corrected chi connectivity index (χ3v) is 2.16. The summed E-state index contributed by atoms with van der Waals surface area (Å²) in [6.07, 6.45) is 5.15. The highest BCUT2D eigenvalue weighted by molar-refractivity contribution is 5.78. The Bertz CT molecular complexity index is 337. The molecule has 0 aliphatic rings. The fourth-order valence-corrected chi connectivity index (χ4v) is 1.32. The van der Waals surface area contributed by atoms with Crippen molar-refractivity contribution in [3.63, 3.8) is 0 Å². The molecule has 4 heteroatoms. The van der Waals surface area contributed by atoms with Gasteiger partial charge in [0.25, 0.3) is 0 Å². The molecule has 0 fully saturated rings. The third kappa shape index (κ3) is 4.23. The van der Waals surface area contributed by atoms with E-state index in [1.807, 2.05) is 19.1 Å². The maximum absolute atomic E-state index is 11.5. The topological polar surface area (TPSA) is 54.0 Å². The third-order valence-electron chi connectivity index (χ3n) is 2.16. The van der Waals surface area contributed by atoms with Crippen LogP contribution in [0.1, 0.15) is 18.5 Å². The molecule has 0 aromatic carbocycles. The highest BCUT2D eigenvalue weighted by Crippen LogP contribution is 2.09. The molecule has 16 heavy (non-hydrogen) atoms. The van der Waals surface area contributed by atoms with Gasteiger partial charge in [0.2, 0.25) is 5.91 Å². The first-order valence-electron chi connectivity index (χ1n) is 5.25. The minimum Gasteiger partial charge on any atom is -0.348 e. The van der Waals surface area contributed by atoms with Gasteiger partial charge in [-0.2, -0.15) is 0 Å². The zero-order valence-corrected chi connectivity index (χ0v) is 9.44. The molecule has 1 atom stereocenters. The molecule has 0 saturated carbocycles. The summed E-state index contributed by atoms with van der Waals surface area (Å²) in [4.78, 5) is 15.4. The second-order valence-corrected chi connectivity index (χ2v) is 3.49. The van der Waals surface area contributed by atoms with Gasteiger partial charge in [0.1, 0.15) is 0 Å². The minimum atomic E-state index is -0.0221. The molecule has 4 nitrogen and oxygen atoms in total. The van der Waals surface area contributed by atoms with Crippen LogP contribution in [-0.2, 0) is 4.79 Å². The normalized spacial score (nSPS) is 11.8. The van der Waals surface area contributed by atoms with Crippen LogP contribution in [0.3, 0.4) is 0 Å². The number of amides is 1. The molecule has 0 bridgehead atoms. The van der Waals surface area contributed by atoms with E-state index < -0.39 is 0 Å². The van der Waals surface area contributed by atoms with Crippen LogP contribution in [0.5, 0.6) is 0 Å². The fraction of sp³-hybridized carbons (Fsp3) is 0.333. The molecular weight excluding hydrogens is 202 g/mol. The maximum atomic E-state index is 11.5. The molecule has 1 rings (SSSR count). The van der Waals surface area contributed by atoms with Crippen LogP contribution in [0, 0.1) is 0 Å². The molecule has 1 amide bonds. The van der Waals surface area contributed by atoms with Crippen LogP contribution in [0.2, 0.25) is 0 Å². The molecule has 1 heterocycles. The van der Waals surface area contributed by atoms with Crippen LogP contribution < -0.4 is 10.6 Å². The van der Waals surface area contributed by atoms with Crippen LogP contribution in [0.15, 0.2) is 37.2 Å². The SMILES string of the molecule is C=CCNCC(=O)NC(C)c1ccncc1. The number of rotatable bonds is 6. The monoisotopic (exact) mass is 219 g/mol. The molecule has 0 spiro atoms. The summed E-state index contributed by atoms with van der Waals surface area (Å²) in [6, 6.07) is 3.78. The van der Waals surface area contributed by atoms with Crippen molar-refractivity contribution in [1.29, 1.82) is 0 Å². The summed E-state index contributed by atoms with van der Waals surface area (Å²) in [5, 5.41) is 5.84. The number of hydrogen-bond donors (Lipinski definition) is 2. The number of carbonyl (C=O) groups excluding carboxylic acids is 1. The van der Waals surface area contributed by atoms with Crippen LogP contribution in [-0.4, -0.2) is 24.0 Å². The first-order chi connectivity index (χ1) is 7.74. The quantitative estimate of drug-likeness (QED) is 0.555. The van der Waals surface area contributed by atoms with E-state index in [0.717, 1.165) is 5.56 Å². The molecule has 0 aliphatic carbocycles. The van der Waals surface area contributed by atoms with Gasteiger partial charge in [-0.25, -0.2) is 0 Å². The van der Waals surface area contributed by atoms with E-state index in [1.165, 1.54) is 0 Å². The van der Waals surface area contributed by atoms with Crippen LogP contribution >= 0.6 is 0 Å². The second-order valence-electron chi connectivity index (χ2n) is 3.49. The van der Waals surface area contributed by atoms with Crippen molar-refractivity contribution in [3.8, 4) is 0 Å². The van der Waals surface area contributed by atoms with Crippen molar-refractivity contribution in [3.05, 3.63) is 42.7 Å². The number of nitrogens with one attached hydrogen (secondary N) is 2. The lowest BCUT2D eigenvalue weighted by molar-refractivity contribution is -0.120. The first-order valence-corrected chi connectivity index (χ1v) is 5.25. The molecular formula is C12H17N3O. The summed E-state index contributed by atoms with van der Waals surface area (Å²) in [5.74, 6) is -0.0221. The Kier molecular flexibility index (Phi) is 5.22. The highest BCUT2D eigenvalue weighted by atomic mass is 16.1. The van der Waals surface area contributed by atoms with Gasteiger partial charge in [-0.05, 0) is 24.6 Å². The van der Waals surface area contributed by atoms with Crippen molar-refractivity contribution in [1.82, 2.24) is 15.6 Å². The first kappa shape index (κ1) is 12.4. The Morgan fingerprint density at radius 2 is 2.25 bits per heavy atom. The van der Waals surface area contributed by atoms with Gasteiger partial charge in [0.15, 0.2) is 0 Å². The number of nitrogens with zero attached hydrogens (tertiary/aromatic N) is 1.